The maximum absolute atomic E-state index is 11.7. The van der Waals surface area contributed by atoms with Crippen LogP contribution < -0.4 is 5.32 Å². The number of urea groups is 1. The largest absolute Gasteiger partial charge is 0.480 e. The molecule has 8 heteroatoms. The van der Waals surface area contributed by atoms with Crippen molar-refractivity contribution in [3.8, 4) is 0 Å². The molecule has 1 atom stereocenters. The Kier molecular flexibility index (Phi) is 5.71. The zero-order valence-corrected chi connectivity index (χ0v) is 11.1. The zero-order valence-electron chi connectivity index (χ0n) is 11.1. The SMILES string of the molecule is CN(C)C1CCN(C(=O)NC(=O)COCC(=O)O)C1. The van der Waals surface area contributed by atoms with Gasteiger partial charge in [-0.25, -0.2) is 9.59 Å². The number of nitrogens with one attached hydrogen (secondary N) is 1. The predicted molar refractivity (Wildman–Crippen MR) is 65.7 cm³/mol. The van der Waals surface area contributed by atoms with E-state index in [4.69, 9.17) is 5.11 Å². The zero-order chi connectivity index (χ0) is 14.4. The Bertz CT molecular complexity index is 358. The minimum absolute atomic E-state index is 0.295. The summed E-state index contributed by atoms with van der Waals surface area (Å²) in [6, 6.07) is -0.169. The number of imide groups is 1. The van der Waals surface area contributed by atoms with Gasteiger partial charge in [-0.1, -0.05) is 0 Å². The number of carboxylic acids is 1. The molecule has 0 bridgehead atoms. The highest BCUT2D eigenvalue weighted by atomic mass is 16.5. The molecule has 19 heavy (non-hydrogen) atoms. The molecule has 0 aromatic heterocycles. The molecule has 1 fully saturated rings. The normalized spacial score (nSPS) is 18.7. The number of amides is 3. The lowest BCUT2D eigenvalue weighted by Crippen LogP contribution is -2.44. The van der Waals surface area contributed by atoms with Crippen LogP contribution in [0.5, 0.6) is 0 Å². The van der Waals surface area contributed by atoms with E-state index in [-0.39, 0.29) is 0 Å². The van der Waals surface area contributed by atoms with Crippen molar-refractivity contribution in [1.29, 1.82) is 0 Å². The van der Waals surface area contributed by atoms with E-state index < -0.39 is 31.1 Å². The van der Waals surface area contributed by atoms with E-state index in [0.717, 1.165) is 6.42 Å². The first-order valence-corrected chi connectivity index (χ1v) is 5.95. The number of nitrogens with zero attached hydrogens (tertiary/aromatic N) is 2. The lowest BCUT2D eigenvalue weighted by molar-refractivity contribution is -0.143. The van der Waals surface area contributed by atoms with E-state index in [1.807, 2.05) is 19.0 Å². The van der Waals surface area contributed by atoms with E-state index in [0.29, 0.717) is 19.1 Å². The molecule has 1 aliphatic rings. The van der Waals surface area contributed by atoms with Crippen molar-refractivity contribution < 1.29 is 24.2 Å². The number of hydrogen-bond acceptors (Lipinski definition) is 5. The fourth-order valence-corrected chi connectivity index (χ4v) is 1.81. The number of aliphatic carboxylic acids is 1. The van der Waals surface area contributed by atoms with Crippen molar-refractivity contribution in [3.05, 3.63) is 0 Å². The third kappa shape index (κ3) is 5.23. The van der Waals surface area contributed by atoms with Gasteiger partial charge in [0.15, 0.2) is 0 Å². The summed E-state index contributed by atoms with van der Waals surface area (Å²) >= 11 is 0. The second-order valence-corrected chi connectivity index (χ2v) is 4.59. The van der Waals surface area contributed by atoms with Crippen LogP contribution in [-0.2, 0) is 14.3 Å². The average Bonchev–Trinajstić information content (AvgIpc) is 2.77. The third-order valence-corrected chi connectivity index (χ3v) is 2.89. The van der Waals surface area contributed by atoms with Crippen LogP contribution in [0.4, 0.5) is 4.79 Å². The van der Waals surface area contributed by atoms with E-state index in [2.05, 4.69) is 10.1 Å². The van der Waals surface area contributed by atoms with Crippen molar-refractivity contribution in [2.45, 2.75) is 12.5 Å². The van der Waals surface area contributed by atoms with Crippen LogP contribution in [0.2, 0.25) is 0 Å². The van der Waals surface area contributed by atoms with Gasteiger partial charge in [-0.15, -0.1) is 0 Å². The number of rotatable bonds is 5. The minimum Gasteiger partial charge on any atom is -0.480 e. The standard InChI is InChI=1S/C11H19N3O5/c1-13(2)8-3-4-14(5-8)11(18)12-9(15)6-19-7-10(16)17/h8H,3-7H2,1-2H3,(H,16,17)(H,12,15,18). The molecule has 0 aromatic rings. The van der Waals surface area contributed by atoms with Gasteiger partial charge >= 0.3 is 12.0 Å². The molecule has 1 aliphatic heterocycles. The van der Waals surface area contributed by atoms with Crippen molar-refractivity contribution >= 4 is 17.9 Å². The Hall–Kier alpha value is -1.67. The Balaban J connectivity index is 2.27. The monoisotopic (exact) mass is 273 g/mol. The highest BCUT2D eigenvalue weighted by molar-refractivity contribution is 5.95. The topological polar surface area (TPSA) is 99.2 Å². The molecule has 0 radical (unpaired) electrons. The van der Waals surface area contributed by atoms with Crippen molar-refractivity contribution in [2.75, 3.05) is 40.4 Å². The Labute approximate surface area is 111 Å². The number of carbonyl (C=O) groups excluding carboxylic acids is 2. The van der Waals surface area contributed by atoms with Gasteiger partial charge in [-0.2, -0.15) is 0 Å². The maximum atomic E-state index is 11.7. The highest BCUT2D eigenvalue weighted by Gasteiger charge is 2.28. The second kappa shape index (κ2) is 7.05. The number of hydrogen-bond donors (Lipinski definition) is 2. The summed E-state index contributed by atoms with van der Waals surface area (Å²) in [7, 11) is 3.88. The maximum Gasteiger partial charge on any atom is 0.329 e. The van der Waals surface area contributed by atoms with Gasteiger partial charge in [0.2, 0.25) is 0 Å². The van der Waals surface area contributed by atoms with Gasteiger partial charge in [0, 0.05) is 19.1 Å². The lowest BCUT2D eigenvalue weighted by atomic mass is 10.2. The van der Waals surface area contributed by atoms with Gasteiger partial charge in [-0.05, 0) is 20.5 Å². The average molecular weight is 273 g/mol. The smallest absolute Gasteiger partial charge is 0.329 e. The lowest BCUT2D eigenvalue weighted by Gasteiger charge is -2.20. The summed E-state index contributed by atoms with van der Waals surface area (Å²) < 4.78 is 4.59. The Morgan fingerprint density at radius 1 is 1.37 bits per heavy atom. The van der Waals surface area contributed by atoms with Crippen LogP contribution in [0.3, 0.4) is 0 Å². The molecule has 3 amide bonds. The summed E-state index contributed by atoms with van der Waals surface area (Å²) in [6.07, 6.45) is 0.865. The molecule has 8 nitrogen and oxygen atoms in total. The molecular formula is C11H19N3O5. The molecule has 2 N–H and O–H groups in total. The van der Waals surface area contributed by atoms with Crippen LogP contribution in [0.25, 0.3) is 0 Å². The molecule has 1 saturated heterocycles. The summed E-state index contributed by atoms with van der Waals surface area (Å²) in [5, 5.41) is 10.5. The first-order chi connectivity index (χ1) is 8.90. The van der Waals surface area contributed by atoms with Gasteiger partial charge in [0.1, 0.15) is 13.2 Å². The number of likely N-dealkylation sites (N-methyl/N-ethyl adjacent to an activating group) is 1. The number of carbonyl (C=O) groups is 3. The summed E-state index contributed by atoms with van der Waals surface area (Å²) in [6.45, 7) is 0.164. The first kappa shape index (κ1) is 15.4. The predicted octanol–water partition coefficient (Wildman–Crippen LogP) is -1.04. The van der Waals surface area contributed by atoms with Gasteiger partial charge < -0.3 is 19.6 Å². The summed E-state index contributed by atoms with van der Waals surface area (Å²) in [5.74, 6) is -1.80. The summed E-state index contributed by atoms with van der Waals surface area (Å²) in [5.41, 5.74) is 0. The highest BCUT2D eigenvalue weighted by Crippen LogP contribution is 2.12. The molecule has 0 saturated carbocycles. The van der Waals surface area contributed by atoms with Crippen LogP contribution in [0.1, 0.15) is 6.42 Å². The molecule has 0 spiro atoms. The quantitative estimate of drug-likeness (QED) is 0.664. The summed E-state index contributed by atoms with van der Waals surface area (Å²) in [4.78, 5) is 36.8. The molecule has 0 aliphatic carbocycles. The van der Waals surface area contributed by atoms with Crippen molar-refractivity contribution in [3.63, 3.8) is 0 Å². The fraction of sp³-hybridized carbons (Fsp3) is 0.727. The van der Waals surface area contributed by atoms with Gasteiger partial charge in [-0.3, -0.25) is 10.1 Å². The third-order valence-electron chi connectivity index (χ3n) is 2.89. The molecule has 1 heterocycles. The van der Waals surface area contributed by atoms with Crippen LogP contribution >= 0.6 is 0 Å². The van der Waals surface area contributed by atoms with Crippen LogP contribution in [0, 0.1) is 0 Å². The van der Waals surface area contributed by atoms with E-state index in [1.165, 1.54) is 0 Å². The van der Waals surface area contributed by atoms with Crippen molar-refractivity contribution in [2.24, 2.45) is 0 Å². The molecule has 1 rings (SSSR count). The number of likely N-dealkylation sites (tertiary alicyclic amines) is 1. The molecule has 108 valence electrons. The Morgan fingerprint density at radius 3 is 2.58 bits per heavy atom. The van der Waals surface area contributed by atoms with Crippen molar-refractivity contribution in [1.82, 2.24) is 15.1 Å². The van der Waals surface area contributed by atoms with Crippen LogP contribution in [0.15, 0.2) is 0 Å². The van der Waals surface area contributed by atoms with Crippen LogP contribution in [-0.4, -0.2) is 79.3 Å². The second-order valence-electron chi connectivity index (χ2n) is 4.59. The number of ether oxygens (including phenoxy) is 1. The first-order valence-electron chi connectivity index (χ1n) is 5.95. The van der Waals surface area contributed by atoms with E-state index in [1.54, 1.807) is 4.90 Å². The number of carboxylic acid groups (broad SMARTS) is 1. The Morgan fingerprint density at radius 2 is 2.05 bits per heavy atom. The minimum atomic E-state index is -1.16. The van der Waals surface area contributed by atoms with Gasteiger partial charge in [0.25, 0.3) is 5.91 Å². The molecule has 0 aromatic carbocycles. The molecular weight excluding hydrogens is 254 g/mol. The molecule has 1 unspecified atom stereocenters. The van der Waals surface area contributed by atoms with E-state index in [9.17, 15) is 14.4 Å². The van der Waals surface area contributed by atoms with E-state index >= 15 is 0 Å². The fourth-order valence-electron chi connectivity index (χ4n) is 1.81. The van der Waals surface area contributed by atoms with Gasteiger partial charge in [0.05, 0.1) is 0 Å².